The van der Waals surface area contributed by atoms with Crippen LogP contribution in [0.5, 0.6) is 0 Å². The van der Waals surface area contributed by atoms with Crippen molar-refractivity contribution in [1.29, 1.82) is 0 Å². The van der Waals surface area contributed by atoms with Crippen molar-refractivity contribution in [1.82, 2.24) is 19.4 Å². The average molecular weight is 409 g/mol. The molecule has 0 radical (unpaired) electrons. The molecule has 1 atom stereocenters. The molecule has 1 aliphatic heterocycles. The molecule has 0 bridgehead atoms. The minimum atomic E-state index is -0.502. The molecule has 9 heteroatoms. The summed E-state index contributed by atoms with van der Waals surface area (Å²) in [6.07, 6.45) is 11.0. The zero-order valence-corrected chi connectivity index (χ0v) is 16.8. The molecule has 1 unspecified atom stereocenters. The largest absolute Gasteiger partial charge is 0.355 e. The third-order valence-corrected chi connectivity index (χ3v) is 4.48. The van der Waals surface area contributed by atoms with Crippen LogP contribution in [0, 0.1) is 5.82 Å². The van der Waals surface area contributed by atoms with Gasteiger partial charge in [0.25, 0.3) is 0 Å². The molecule has 0 saturated carbocycles. The third kappa shape index (κ3) is 4.51. The van der Waals surface area contributed by atoms with Gasteiger partial charge in [-0.05, 0) is 31.4 Å². The number of halogens is 2. The minimum absolute atomic E-state index is 0.0277. The van der Waals surface area contributed by atoms with Gasteiger partial charge in [0.15, 0.2) is 5.82 Å². The maximum absolute atomic E-state index is 13.6. The van der Waals surface area contributed by atoms with Crippen molar-refractivity contribution in [3.05, 3.63) is 41.6 Å². The number of nitrogens with zero attached hydrogens (tertiary/aromatic N) is 5. The maximum atomic E-state index is 13.6. The molecule has 6 nitrogen and oxygen atoms in total. The average Bonchev–Trinajstić information content (AvgIpc) is 3.05. The first kappa shape index (κ1) is 19.9. The Balaban J connectivity index is 0.000000659. The highest BCUT2D eigenvalue weighted by molar-refractivity contribution is 7.97. The van der Waals surface area contributed by atoms with Crippen LogP contribution in [0.4, 0.5) is 10.2 Å². The Morgan fingerprint density at radius 1 is 1.33 bits per heavy atom. The van der Waals surface area contributed by atoms with E-state index < -0.39 is 5.82 Å². The molecule has 1 saturated heterocycles. The fourth-order valence-electron chi connectivity index (χ4n) is 3.01. The first-order chi connectivity index (χ1) is 13.0. The Morgan fingerprint density at radius 2 is 2.11 bits per heavy atom. The predicted molar refractivity (Wildman–Crippen MR) is 110 cm³/mol. The van der Waals surface area contributed by atoms with E-state index in [9.17, 15) is 4.39 Å². The Kier molecular flexibility index (Phi) is 6.51. The van der Waals surface area contributed by atoms with E-state index >= 15 is 0 Å². The number of anilines is 1. The van der Waals surface area contributed by atoms with Crippen LogP contribution < -0.4 is 10.6 Å². The molecule has 4 heterocycles. The Hall–Kier alpha value is -1.90. The number of imidazole rings is 1. The van der Waals surface area contributed by atoms with Crippen LogP contribution in [-0.4, -0.2) is 51.0 Å². The van der Waals surface area contributed by atoms with Crippen molar-refractivity contribution in [2.75, 3.05) is 30.5 Å². The smallest absolute Gasteiger partial charge is 0.180 e. The van der Waals surface area contributed by atoms with E-state index in [2.05, 4.69) is 19.9 Å². The molecule has 3 aromatic rings. The topological polar surface area (TPSA) is 72.3 Å². The maximum Gasteiger partial charge on any atom is 0.180 e. The van der Waals surface area contributed by atoms with E-state index in [0.717, 1.165) is 31.7 Å². The number of fused-ring (bicyclic) bond motifs is 1. The quantitative estimate of drug-likeness (QED) is 0.699. The summed E-state index contributed by atoms with van der Waals surface area (Å²) in [4.78, 5) is 15.3. The van der Waals surface area contributed by atoms with Crippen LogP contribution in [0.1, 0.15) is 12.8 Å². The van der Waals surface area contributed by atoms with E-state index in [1.54, 1.807) is 28.6 Å². The summed E-state index contributed by atoms with van der Waals surface area (Å²) in [5, 5.41) is 0.0277. The van der Waals surface area contributed by atoms with E-state index in [1.165, 1.54) is 12.3 Å². The summed E-state index contributed by atoms with van der Waals surface area (Å²) in [6, 6.07) is 3.33. The first-order valence-electron chi connectivity index (χ1n) is 8.59. The Morgan fingerprint density at radius 3 is 2.85 bits per heavy atom. The monoisotopic (exact) mass is 408 g/mol. The fraction of sp³-hybridized carbons (Fsp3) is 0.389. The second-order valence-corrected chi connectivity index (χ2v) is 7.56. The van der Waals surface area contributed by atoms with E-state index in [0.29, 0.717) is 17.2 Å². The number of nitrogens with two attached hydrogens (primary N) is 1. The van der Waals surface area contributed by atoms with Gasteiger partial charge in [-0.2, -0.15) is 11.8 Å². The van der Waals surface area contributed by atoms with Gasteiger partial charge in [-0.25, -0.2) is 19.3 Å². The van der Waals surface area contributed by atoms with Gasteiger partial charge in [0.05, 0.1) is 11.2 Å². The normalized spacial score (nSPS) is 16.9. The number of thioether (sulfide) groups is 1. The van der Waals surface area contributed by atoms with Crippen molar-refractivity contribution in [2.24, 2.45) is 5.73 Å². The standard InChI is InChI=1S/C16H16ClFN6.C2H6S/c17-11-9-24-13(7-21-15(24)6-12(11)18)16-20-4-3-14(22-16)23-5-1-2-10(19)8-23;1-3-2/h3-4,6-7,9-10H,1-2,5,8,19H2;1-2H3. The van der Waals surface area contributed by atoms with Gasteiger partial charge in [0, 0.05) is 37.6 Å². The second kappa shape index (κ2) is 8.86. The predicted octanol–water partition coefficient (Wildman–Crippen LogP) is 3.49. The molecule has 144 valence electrons. The summed E-state index contributed by atoms with van der Waals surface area (Å²) in [5.74, 6) is 0.846. The molecule has 2 N–H and O–H groups in total. The zero-order chi connectivity index (χ0) is 19.4. The van der Waals surface area contributed by atoms with E-state index in [-0.39, 0.29) is 11.1 Å². The molecule has 1 aliphatic rings. The fourth-order valence-corrected chi connectivity index (χ4v) is 3.16. The summed E-state index contributed by atoms with van der Waals surface area (Å²) in [5.41, 5.74) is 7.17. The molecule has 1 fully saturated rings. The van der Waals surface area contributed by atoms with Crippen LogP contribution in [0.25, 0.3) is 17.2 Å². The number of aromatic nitrogens is 4. The molecular weight excluding hydrogens is 387 g/mol. The van der Waals surface area contributed by atoms with Gasteiger partial charge in [-0.1, -0.05) is 11.6 Å². The summed E-state index contributed by atoms with van der Waals surface area (Å²) < 4.78 is 15.3. The van der Waals surface area contributed by atoms with Crippen LogP contribution >= 0.6 is 23.4 Å². The summed E-state index contributed by atoms with van der Waals surface area (Å²) in [6.45, 7) is 1.70. The van der Waals surface area contributed by atoms with Crippen molar-refractivity contribution in [3.8, 4) is 11.5 Å². The van der Waals surface area contributed by atoms with Gasteiger partial charge >= 0.3 is 0 Å². The molecule has 0 amide bonds. The number of piperidine rings is 1. The van der Waals surface area contributed by atoms with E-state index in [1.807, 2.05) is 18.6 Å². The van der Waals surface area contributed by atoms with Crippen LogP contribution in [0.3, 0.4) is 0 Å². The van der Waals surface area contributed by atoms with Gasteiger partial charge in [0.2, 0.25) is 0 Å². The van der Waals surface area contributed by atoms with Crippen molar-refractivity contribution in [3.63, 3.8) is 0 Å². The highest BCUT2D eigenvalue weighted by Crippen LogP contribution is 2.24. The van der Waals surface area contributed by atoms with Crippen molar-refractivity contribution in [2.45, 2.75) is 18.9 Å². The molecule has 4 rings (SSSR count). The molecule has 0 aliphatic carbocycles. The lowest BCUT2D eigenvalue weighted by atomic mass is 10.1. The van der Waals surface area contributed by atoms with Gasteiger partial charge in [0.1, 0.15) is 23.0 Å². The molecule has 3 aromatic heterocycles. The molecule has 0 aromatic carbocycles. The lowest BCUT2D eigenvalue weighted by molar-refractivity contribution is 0.503. The van der Waals surface area contributed by atoms with Gasteiger partial charge < -0.3 is 10.6 Å². The second-order valence-electron chi connectivity index (χ2n) is 6.34. The van der Waals surface area contributed by atoms with Crippen LogP contribution in [0.2, 0.25) is 5.02 Å². The minimum Gasteiger partial charge on any atom is -0.355 e. The van der Waals surface area contributed by atoms with Crippen LogP contribution in [-0.2, 0) is 0 Å². The number of rotatable bonds is 2. The summed E-state index contributed by atoms with van der Waals surface area (Å²) in [7, 11) is 0. The number of hydrogen-bond acceptors (Lipinski definition) is 6. The number of hydrogen-bond donors (Lipinski definition) is 1. The van der Waals surface area contributed by atoms with Crippen molar-refractivity contribution >= 4 is 34.8 Å². The highest BCUT2D eigenvalue weighted by atomic mass is 35.5. The van der Waals surface area contributed by atoms with Gasteiger partial charge in [-0.3, -0.25) is 4.40 Å². The SMILES string of the molecule is CSC.NC1CCCN(c2ccnc(-c3cnc4cc(F)c(Cl)cn34)n2)C1. The Labute approximate surface area is 167 Å². The molecule has 0 spiro atoms. The van der Waals surface area contributed by atoms with Crippen LogP contribution in [0.15, 0.2) is 30.7 Å². The highest BCUT2D eigenvalue weighted by Gasteiger charge is 2.19. The van der Waals surface area contributed by atoms with E-state index in [4.69, 9.17) is 17.3 Å². The lowest BCUT2D eigenvalue weighted by Gasteiger charge is -2.31. The number of pyridine rings is 1. The summed E-state index contributed by atoms with van der Waals surface area (Å²) >= 11 is 7.64. The molecular formula is C18H22ClFN6S. The Bertz CT molecular complexity index is 918. The lowest BCUT2D eigenvalue weighted by Crippen LogP contribution is -2.43. The first-order valence-corrected chi connectivity index (χ1v) is 10.6. The van der Waals surface area contributed by atoms with Gasteiger partial charge in [-0.15, -0.1) is 0 Å². The third-order valence-electron chi connectivity index (χ3n) is 4.20. The molecule has 27 heavy (non-hydrogen) atoms. The zero-order valence-electron chi connectivity index (χ0n) is 15.3. The van der Waals surface area contributed by atoms with Crippen molar-refractivity contribution < 1.29 is 4.39 Å².